The average Bonchev–Trinajstić information content (AvgIpc) is 2.94. The van der Waals surface area contributed by atoms with E-state index in [4.69, 9.17) is 9.47 Å². The van der Waals surface area contributed by atoms with Crippen LogP contribution >= 0.6 is 0 Å². The summed E-state index contributed by atoms with van der Waals surface area (Å²) in [5.41, 5.74) is 3.13. The van der Waals surface area contributed by atoms with E-state index in [1.54, 1.807) is 0 Å². The Morgan fingerprint density at radius 3 is 2.89 bits per heavy atom. The third-order valence-electron chi connectivity index (χ3n) is 3.85. The maximum Gasteiger partial charge on any atom is 0.227 e. The van der Waals surface area contributed by atoms with Gasteiger partial charge >= 0.3 is 0 Å². The van der Waals surface area contributed by atoms with Crippen LogP contribution in [0.5, 0.6) is 11.5 Å². The molecule has 94 valence electrons. The number of ether oxygens (including phenoxy) is 2. The molecule has 1 amide bonds. The molecule has 0 radical (unpaired) electrons. The van der Waals surface area contributed by atoms with E-state index < -0.39 is 0 Å². The first-order valence-electron chi connectivity index (χ1n) is 6.58. The highest BCUT2D eigenvalue weighted by molar-refractivity contribution is 5.97. The number of benzene rings is 1. The standard InChI is InChI=1S/C14H15NO3/c16-14(8-1-2-8)15-12-10-4-6-17-11(10)7-9-3-5-18-13(9)12/h7-8H,1-6H2,(H,15,16). The molecule has 18 heavy (non-hydrogen) atoms. The number of hydrogen-bond donors (Lipinski definition) is 1. The van der Waals surface area contributed by atoms with E-state index in [-0.39, 0.29) is 11.8 Å². The summed E-state index contributed by atoms with van der Waals surface area (Å²) >= 11 is 0. The second kappa shape index (κ2) is 3.64. The molecule has 0 unspecified atom stereocenters. The van der Waals surface area contributed by atoms with Gasteiger partial charge in [-0.15, -0.1) is 0 Å². The molecule has 1 fully saturated rings. The van der Waals surface area contributed by atoms with Gasteiger partial charge in [0.1, 0.15) is 11.5 Å². The normalized spacial score (nSPS) is 19.8. The summed E-state index contributed by atoms with van der Waals surface area (Å²) in [6, 6.07) is 2.07. The Bertz CT molecular complexity index is 502. The lowest BCUT2D eigenvalue weighted by Gasteiger charge is -2.13. The van der Waals surface area contributed by atoms with E-state index in [2.05, 4.69) is 11.4 Å². The molecule has 1 aliphatic carbocycles. The van der Waals surface area contributed by atoms with Gasteiger partial charge in [-0.25, -0.2) is 0 Å². The molecule has 1 aromatic carbocycles. The van der Waals surface area contributed by atoms with Crippen molar-refractivity contribution in [2.45, 2.75) is 25.7 Å². The van der Waals surface area contributed by atoms with Crippen molar-refractivity contribution in [1.29, 1.82) is 0 Å². The third kappa shape index (κ3) is 1.48. The average molecular weight is 245 g/mol. The number of anilines is 1. The Morgan fingerprint density at radius 2 is 2.06 bits per heavy atom. The Labute approximate surface area is 105 Å². The quantitative estimate of drug-likeness (QED) is 0.865. The maximum atomic E-state index is 12.0. The third-order valence-corrected chi connectivity index (χ3v) is 3.85. The van der Waals surface area contributed by atoms with Crippen LogP contribution in [-0.2, 0) is 17.6 Å². The molecular weight excluding hydrogens is 230 g/mol. The van der Waals surface area contributed by atoms with Crippen LogP contribution in [0.25, 0.3) is 0 Å². The zero-order valence-electron chi connectivity index (χ0n) is 10.1. The van der Waals surface area contributed by atoms with Gasteiger partial charge in [0, 0.05) is 29.9 Å². The molecule has 1 aromatic rings. The molecule has 4 rings (SSSR count). The summed E-state index contributed by atoms with van der Waals surface area (Å²) in [7, 11) is 0. The fraction of sp³-hybridized carbons (Fsp3) is 0.500. The van der Waals surface area contributed by atoms with Gasteiger partial charge in [-0.3, -0.25) is 4.79 Å². The summed E-state index contributed by atoms with van der Waals surface area (Å²) in [5, 5.41) is 3.06. The van der Waals surface area contributed by atoms with Crippen molar-refractivity contribution in [2.24, 2.45) is 5.92 Å². The molecule has 0 saturated heterocycles. The summed E-state index contributed by atoms with van der Waals surface area (Å²) in [4.78, 5) is 12.0. The molecule has 0 aromatic heterocycles. The van der Waals surface area contributed by atoms with Gasteiger partial charge in [0.25, 0.3) is 0 Å². The Morgan fingerprint density at radius 1 is 1.22 bits per heavy atom. The van der Waals surface area contributed by atoms with E-state index in [1.165, 1.54) is 0 Å². The first-order chi connectivity index (χ1) is 8.83. The van der Waals surface area contributed by atoms with Gasteiger partial charge < -0.3 is 14.8 Å². The summed E-state index contributed by atoms with van der Waals surface area (Å²) in [6.45, 7) is 1.40. The lowest BCUT2D eigenvalue weighted by Crippen LogP contribution is -2.15. The van der Waals surface area contributed by atoms with Crippen molar-refractivity contribution in [3.8, 4) is 11.5 Å². The molecule has 1 saturated carbocycles. The van der Waals surface area contributed by atoms with Crippen LogP contribution in [0, 0.1) is 5.92 Å². The van der Waals surface area contributed by atoms with E-state index in [0.717, 1.165) is 54.0 Å². The predicted octanol–water partition coefficient (Wildman–Crippen LogP) is 1.90. The fourth-order valence-corrected chi connectivity index (χ4v) is 2.69. The SMILES string of the molecule is O=C(Nc1c2c(cc3c1OCC3)OCC2)C1CC1. The van der Waals surface area contributed by atoms with Crippen LogP contribution in [0.3, 0.4) is 0 Å². The molecule has 0 atom stereocenters. The maximum absolute atomic E-state index is 12.0. The van der Waals surface area contributed by atoms with Crippen molar-refractivity contribution >= 4 is 11.6 Å². The molecular formula is C14H15NO3. The minimum Gasteiger partial charge on any atom is -0.493 e. The van der Waals surface area contributed by atoms with Crippen molar-refractivity contribution < 1.29 is 14.3 Å². The van der Waals surface area contributed by atoms with E-state index >= 15 is 0 Å². The summed E-state index contributed by atoms with van der Waals surface area (Å²) in [6.07, 6.45) is 3.78. The first kappa shape index (κ1) is 10.2. The highest BCUT2D eigenvalue weighted by atomic mass is 16.5. The van der Waals surface area contributed by atoms with Crippen LogP contribution in [-0.4, -0.2) is 19.1 Å². The molecule has 0 spiro atoms. The number of rotatable bonds is 2. The Balaban J connectivity index is 1.77. The molecule has 2 heterocycles. The summed E-state index contributed by atoms with van der Waals surface area (Å²) < 4.78 is 11.3. The molecule has 4 heteroatoms. The minimum absolute atomic E-state index is 0.132. The van der Waals surface area contributed by atoms with Crippen molar-refractivity contribution in [1.82, 2.24) is 0 Å². The van der Waals surface area contributed by atoms with Crippen molar-refractivity contribution in [3.63, 3.8) is 0 Å². The van der Waals surface area contributed by atoms with Crippen LogP contribution < -0.4 is 14.8 Å². The Hall–Kier alpha value is -1.71. The highest BCUT2D eigenvalue weighted by Crippen LogP contribution is 2.45. The molecule has 2 aliphatic heterocycles. The molecule has 4 nitrogen and oxygen atoms in total. The van der Waals surface area contributed by atoms with E-state index in [9.17, 15) is 4.79 Å². The lowest BCUT2D eigenvalue weighted by atomic mass is 10.0. The second-order valence-electron chi connectivity index (χ2n) is 5.18. The van der Waals surface area contributed by atoms with Crippen LogP contribution in [0.4, 0.5) is 5.69 Å². The van der Waals surface area contributed by atoms with Gasteiger partial charge in [-0.05, 0) is 18.9 Å². The first-order valence-corrected chi connectivity index (χ1v) is 6.58. The monoisotopic (exact) mass is 245 g/mol. The Kier molecular flexibility index (Phi) is 2.07. The number of carbonyl (C=O) groups is 1. The highest BCUT2D eigenvalue weighted by Gasteiger charge is 2.33. The largest absolute Gasteiger partial charge is 0.493 e. The van der Waals surface area contributed by atoms with E-state index in [1.807, 2.05) is 0 Å². The zero-order chi connectivity index (χ0) is 12.1. The van der Waals surface area contributed by atoms with E-state index in [0.29, 0.717) is 13.2 Å². The van der Waals surface area contributed by atoms with Crippen molar-refractivity contribution in [3.05, 3.63) is 17.2 Å². The predicted molar refractivity (Wildman–Crippen MR) is 66.2 cm³/mol. The number of fused-ring (bicyclic) bond motifs is 2. The van der Waals surface area contributed by atoms with Crippen LogP contribution in [0.2, 0.25) is 0 Å². The second-order valence-corrected chi connectivity index (χ2v) is 5.18. The summed E-state index contributed by atoms with van der Waals surface area (Å²) in [5.74, 6) is 2.13. The minimum atomic E-state index is 0.132. The van der Waals surface area contributed by atoms with Gasteiger partial charge in [0.2, 0.25) is 5.91 Å². The molecule has 3 aliphatic rings. The zero-order valence-corrected chi connectivity index (χ0v) is 10.1. The number of hydrogen-bond acceptors (Lipinski definition) is 3. The number of nitrogens with one attached hydrogen (secondary N) is 1. The van der Waals surface area contributed by atoms with Gasteiger partial charge in [0.15, 0.2) is 0 Å². The van der Waals surface area contributed by atoms with Gasteiger partial charge in [-0.2, -0.15) is 0 Å². The topological polar surface area (TPSA) is 47.6 Å². The molecule has 0 bridgehead atoms. The number of amides is 1. The van der Waals surface area contributed by atoms with Crippen LogP contribution in [0.15, 0.2) is 6.07 Å². The lowest BCUT2D eigenvalue weighted by molar-refractivity contribution is -0.117. The van der Waals surface area contributed by atoms with Gasteiger partial charge in [0.05, 0.1) is 18.9 Å². The smallest absolute Gasteiger partial charge is 0.227 e. The molecule has 1 N–H and O–H groups in total. The van der Waals surface area contributed by atoms with Gasteiger partial charge in [-0.1, -0.05) is 0 Å². The fourth-order valence-electron chi connectivity index (χ4n) is 2.69. The van der Waals surface area contributed by atoms with Crippen molar-refractivity contribution in [2.75, 3.05) is 18.5 Å². The van der Waals surface area contributed by atoms with Crippen LogP contribution in [0.1, 0.15) is 24.0 Å². The number of carbonyl (C=O) groups excluding carboxylic acids is 1.